The van der Waals surface area contributed by atoms with Gasteiger partial charge in [-0.3, -0.25) is 0 Å². The molecule has 0 fully saturated rings. The Morgan fingerprint density at radius 1 is 1.18 bits per heavy atom. The maximum atomic E-state index is 11.6. The highest BCUT2D eigenvalue weighted by Crippen LogP contribution is 2.46. The number of hydrogen-bond donors (Lipinski definition) is 1. The first-order valence-corrected chi connectivity index (χ1v) is 4.86. The van der Waals surface area contributed by atoms with E-state index in [4.69, 9.17) is 18.9 Å². The smallest absolute Gasteiger partial charge is 0.345 e. The largest absolute Gasteiger partial charge is 0.496 e. The Morgan fingerprint density at radius 3 is 2.35 bits per heavy atom. The van der Waals surface area contributed by atoms with E-state index in [1.807, 2.05) is 0 Å². The number of rotatable bonds is 3. The molecule has 1 aromatic carbocycles. The number of methoxy groups -OCH3 is 3. The number of cyclic esters (lactones) is 1. The van der Waals surface area contributed by atoms with E-state index >= 15 is 0 Å². The monoisotopic (exact) mass is 240 g/mol. The molecule has 0 bridgehead atoms. The van der Waals surface area contributed by atoms with Crippen LogP contribution in [0.1, 0.15) is 22.2 Å². The third-order valence-electron chi connectivity index (χ3n) is 2.56. The average Bonchev–Trinajstić information content (AvgIpc) is 2.63. The van der Waals surface area contributed by atoms with Gasteiger partial charge in [-0.15, -0.1) is 0 Å². The summed E-state index contributed by atoms with van der Waals surface area (Å²) in [6.45, 7) is 0. The van der Waals surface area contributed by atoms with Crippen molar-refractivity contribution in [3.63, 3.8) is 0 Å². The summed E-state index contributed by atoms with van der Waals surface area (Å²) in [6.07, 6.45) is -1.36. The van der Waals surface area contributed by atoms with Crippen LogP contribution >= 0.6 is 0 Å². The molecule has 0 radical (unpaired) electrons. The molecule has 1 aromatic rings. The van der Waals surface area contributed by atoms with Crippen molar-refractivity contribution in [3.05, 3.63) is 17.2 Å². The number of fused-ring (bicyclic) bond motifs is 1. The molecule has 92 valence electrons. The highest BCUT2D eigenvalue weighted by atomic mass is 16.6. The minimum atomic E-state index is -1.36. The Hall–Kier alpha value is -1.95. The number of carbonyl (C=O) groups is 1. The van der Waals surface area contributed by atoms with Gasteiger partial charge >= 0.3 is 5.97 Å². The highest BCUT2D eigenvalue weighted by Gasteiger charge is 2.38. The number of aliphatic hydroxyl groups is 1. The van der Waals surface area contributed by atoms with Crippen molar-refractivity contribution in [2.75, 3.05) is 21.3 Å². The fourth-order valence-electron chi connectivity index (χ4n) is 1.82. The second kappa shape index (κ2) is 4.14. The first-order valence-electron chi connectivity index (χ1n) is 4.86. The fourth-order valence-corrected chi connectivity index (χ4v) is 1.82. The summed E-state index contributed by atoms with van der Waals surface area (Å²) in [4.78, 5) is 11.6. The molecule has 2 rings (SSSR count). The SMILES string of the molecule is COc1cc(OC)c2c(c1OC)C(O)OC2=O. The Labute approximate surface area is 97.7 Å². The zero-order valence-corrected chi connectivity index (χ0v) is 9.64. The van der Waals surface area contributed by atoms with Gasteiger partial charge in [0.2, 0.25) is 6.29 Å². The normalized spacial score (nSPS) is 17.4. The van der Waals surface area contributed by atoms with Gasteiger partial charge < -0.3 is 24.1 Å². The lowest BCUT2D eigenvalue weighted by atomic mass is 10.1. The molecule has 0 aromatic heterocycles. The van der Waals surface area contributed by atoms with Crippen molar-refractivity contribution < 1.29 is 28.8 Å². The summed E-state index contributed by atoms with van der Waals surface area (Å²) in [6, 6.07) is 1.51. The van der Waals surface area contributed by atoms with Crippen LogP contribution < -0.4 is 14.2 Å². The number of carbonyl (C=O) groups excluding carboxylic acids is 1. The number of hydrogen-bond acceptors (Lipinski definition) is 6. The molecule has 0 spiro atoms. The molecule has 0 saturated heterocycles. The standard InChI is InChI=1S/C11H12O6/c1-14-5-4-6(15-2)9(16-3)8-7(5)10(12)17-11(8)13/h4,11,13H,1-3H3. The van der Waals surface area contributed by atoms with Crippen LogP contribution in [0.25, 0.3) is 0 Å². The molecule has 6 nitrogen and oxygen atoms in total. The van der Waals surface area contributed by atoms with Crippen LogP contribution in [0.5, 0.6) is 17.2 Å². The van der Waals surface area contributed by atoms with Gasteiger partial charge in [0, 0.05) is 6.07 Å². The van der Waals surface area contributed by atoms with E-state index in [2.05, 4.69) is 0 Å². The van der Waals surface area contributed by atoms with Gasteiger partial charge in [-0.05, 0) is 0 Å². The van der Waals surface area contributed by atoms with Gasteiger partial charge in [-0.25, -0.2) is 4.79 Å². The lowest BCUT2D eigenvalue weighted by Gasteiger charge is -2.14. The van der Waals surface area contributed by atoms with E-state index in [1.54, 1.807) is 0 Å². The highest BCUT2D eigenvalue weighted by molar-refractivity contribution is 5.98. The summed E-state index contributed by atoms with van der Waals surface area (Å²) in [5.74, 6) is 0.256. The topological polar surface area (TPSA) is 74.2 Å². The van der Waals surface area contributed by atoms with E-state index in [1.165, 1.54) is 27.4 Å². The molecule has 1 N–H and O–H groups in total. The second-order valence-corrected chi connectivity index (χ2v) is 3.36. The number of esters is 1. The van der Waals surface area contributed by atoms with Gasteiger partial charge in [-0.2, -0.15) is 0 Å². The maximum absolute atomic E-state index is 11.6. The van der Waals surface area contributed by atoms with E-state index < -0.39 is 12.3 Å². The third kappa shape index (κ3) is 1.57. The summed E-state index contributed by atoms with van der Waals surface area (Å²) in [5.41, 5.74) is 0.395. The van der Waals surface area contributed by atoms with Gasteiger partial charge in [-0.1, -0.05) is 0 Å². The van der Waals surface area contributed by atoms with Crippen LogP contribution in [0.4, 0.5) is 0 Å². The van der Waals surface area contributed by atoms with Crippen LogP contribution in [0.2, 0.25) is 0 Å². The van der Waals surface area contributed by atoms with Crippen LogP contribution in [-0.2, 0) is 4.74 Å². The van der Waals surface area contributed by atoms with Gasteiger partial charge in [0.15, 0.2) is 11.5 Å². The van der Waals surface area contributed by atoms with Crippen molar-refractivity contribution in [1.29, 1.82) is 0 Å². The quantitative estimate of drug-likeness (QED) is 0.790. The summed E-state index contributed by atoms with van der Waals surface area (Å²) < 4.78 is 20.0. The lowest BCUT2D eigenvalue weighted by Crippen LogP contribution is -2.02. The molecule has 1 heterocycles. The zero-order valence-electron chi connectivity index (χ0n) is 9.64. The average molecular weight is 240 g/mol. The van der Waals surface area contributed by atoms with E-state index in [0.717, 1.165) is 0 Å². The van der Waals surface area contributed by atoms with Gasteiger partial charge in [0.05, 0.1) is 26.9 Å². The van der Waals surface area contributed by atoms with Crippen molar-refractivity contribution in [2.24, 2.45) is 0 Å². The molecular weight excluding hydrogens is 228 g/mol. The third-order valence-corrected chi connectivity index (χ3v) is 2.56. The number of ether oxygens (including phenoxy) is 4. The Balaban J connectivity index is 2.75. The molecule has 0 aliphatic carbocycles. The molecule has 1 aliphatic heterocycles. The first kappa shape index (κ1) is 11.5. The van der Waals surface area contributed by atoms with E-state index in [0.29, 0.717) is 5.75 Å². The molecule has 1 atom stereocenters. The Morgan fingerprint density at radius 2 is 1.82 bits per heavy atom. The molecular formula is C11H12O6. The minimum Gasteiger partial charge on any atom is -0.496 e. The summed E-state index contributed by atoms with van der Waals surface area (Å²) in [5, 5.41) is 9.67. The summed E-state index contributed by atoms with van der Waals surface area (Å²) in [7, 11) is 4.29. The second-order valence-electron chi connectivity index (χ2n) is 3.36. The van der Waals surface area contributed by atoms with Gasteiger partial charge in [0.25, 0.3) is 0 Å². The van der Waals surface area contributed by atoms with Crippen LogP contribution in [-0.4, -0.2) is 32.4 Å². The van der Waals surface area contributed by atoms with Crippen molar-refractivity contribution in [1.82, 2.24) is 0 Å². The number of aliphatic hydroxyl groups excluding tert-OH is 1. The first-order chi connectivity index (χ1) is 8.13. The van der Waals surface area contributed by atoms with E-state index in [-0.39, 0.29) is 22.6 Å². The fraction of sp³-hybridized carbons (Fsp3) is 0.364. The molecule has 0 saturated carbocycles. The van der Waals surface area contributed by atoms with Crippen LogP contribution in [0, 0.1) is 0 Å². The minimum absolute atomic E-state index is 0.164. The predicted octanol–water partition coefficient (Wildman–Crippen LogP) is 0.874. The van der Waals surface area contributed by atoms with Crippen molar-refractivity contribution >= 4 is 5.97 Å². The molecule has 0 amide bonds. The Kier molecular flexibility index (Phi) is 2.81. The van der Waals surface area contributed by atoms with E-state index in [9.17, 15) is 9.90 Å². The molecule has 17 heavy (non-hydrogen) atoms. The zero-order chi connectivity index (χ0) is 12.6. The van der Waals surface area contributed by atoms with Crippen molar-refractivity contribution in [3.8, 4) is 17.2 Å². The maximum Gasteiger partial charge on any atom is 0.345 e. The lowest BCUT2D eigenvalue weighted by molar-refractivity contribution is -0.0556. The van der Waals surface area contributed by atoms with Crippen LogP contribution in [0.15, 0.2) is 6.07 Å². The van der Waals surface area contributed by atoms with Crippen molar-refractivity contribution in [2.45, 2.75) is 6.29 Å². The Bertz CT molecular complexity index is 468. The molecule has 6 heteroatoms. The van der Waals surface area contributed by atoms with Crippen LogP contribution in [0.3, 0.4) is 0 Å². The summed E-state index contributed by atoms with van der Waals surface area (Å²) >= 11 is 0. The van der Waals surface area contributed by atoms with Gasteiger partial charge in [0.1, 0.15) is 11.3 Å². The molecule has 1 unspecified atom stereocenters. The predicted molar refractivity (Wildman–Crippen MR) is 56.5 cm³/mol. The number of benzene rings is 1. The molecule has 1 aliphatic rings.